The Kier molecular flexibility index (Phi) is 6.33. The van der Waals surface area contributed by atoms with Gasteiger partial charge in [-0.05, 0) is 61.1 Å². The molecular weight excluding hydrogens is 416 g/mol. The fraction of sp³-hybridized carbons (Fsp3) is 0.409. The van der Waals surface area contributed by atoms with Crippen molar-refractivity contribution in [1.29, 1.82) is 0 Å². The maximum Gasteiger partial charge on any atom is 0.243 e. The van der Waals surface area contributed by atoms with Crippen molar-refractivity contribution in [2.45, 2.75) is 43.5 Å². The van der Waals surface area contributed by atoms with Crippen molar-refractivity contribution in [3.63, 3.8) is 0 Å². The number of aryl methyl sites for hydroxylation is 1. The number of carbonyl (C=O) groups excluding carboxylic acids is 2. The zero-order valence-corrected chi connectivity index (χ0v) is 18.0. The number of fused-ring (bicyclic) bond motifs is 1. The van der Waals surface area contributed by atoms with Gasteiger partial charge in [-0.25, -0.2) is 8.42 Å². The molecule has 31 heavy (non-hydrogen) atoms. The molecule has 2 aromatic rings. The first-order chi connectivity index (χ1) is 14.9. The van der Waals surface area contributed by atoms with Crippen LogP contribution in [0.25, 0.3) is 0 Å². The van der Waals surface area contributed by atoms with Gasteiger partial charge >= 0.3 is 0 Å². The van der Waals surface area contributed by atoms with Crippen molar-refractivity contribution in [3.05, 3.63) is 53.9 Å². The van der Waals surface area contributed by atoms with Crippen LogP contribution in [0, 0.1) is 5.92 Å². The summed E-state index contributed by atoms with van der Waals surface area (Å²) < 4.78 is 27.9. The molecule has 2 aliphatic heterocycles. The molecule has 1 saturated heterocycles. The quantitative estimate of drug-likeness (QED) is 0.737. The summed E-state index contributed by atoms with van der Waals surface area (Å²) in [6.45, 7) is 0.921. The van der Waals surface area contributed by atoms with E-state index in [1.54, 1.807) is 24.5 Å². The maximum atomic E-state index is 13.3. The summed E-state index contributed by atoms with van der Waals surface area (Å²) in [5.41, 5.74) is 2.40. The molecule has 0 bridgehead atoms. The van der Waals surface area contributed by atoms with Gasteiger partial charge < -0.3 is 10.6 Å². The number of nitrogens with one attached hydrogen (secondary N) is 2. The lowest BCUT2D eigenvalue weighted by Gasteiger charge is -2.31. The molecule has 1 atom stereocenters. The summed E-state index contributed by atoms with van der Waals surface area (Å²) >= 11 is 0. The van der Waals surface area contributed by atoms with Gasteiger partial charge in [0.2, 0.25) is 21.8 Å². The van der Waals surface area contributed by atoms with E-state index in [0.717, 1.165) is 11.1 Å². The fourth-order valence-electron chi connectivity index (χ4n) is 4.07. The highest BCUT2D eigenvalue weighted by atomic mass is 32.2. The van der Waals surface area contributed by atoms with Gasteiger partial charge in [-0.1, -0.05) is 6.07 Å². The molecule has 0 aliphatic carbocycles. The number of amides is 2. The van der Waals surface area contributed by atoms with Crippen LogP contribution in [0.5, 0.6) is 0 Å². The van der Waals surface area contributed by atoms with Crippen LogP contribution in [-0.4, -0.2) is 42.6 Å². The molecule has 1 fully saturated rings. The Hall–Kier alpha value is -2.78. The van der Waals surface area contributed by atoms with E-state index in [1.165, 1.54) is 10.4 Å². The van der Waals surface area contributed by atoms with Gasteiger partial charge in [0.1, 0.15) is 0 Å². The summed E-state index contributed by atoms with van der Waals surface area (Å²) in [6.07, 6.45) is 6.41. The second-order valence-electron chi connectivity index (χ2n) is 8.00. The summed E-state index contributed by atoms with van der Waals surface area (Å²) in [6, 6.07) is 8.54. The van der Waals surface area contributed by atoms with E-state index in [2.05, 4.69) is 15.6 Å². The van der Waals surface area contributed by atoms with Crippen LogP contribution < -0.4 is 10.6 Å². The molecule has 8 nitrogen and oxygen atoms in total. The zero-order chi connectivity index (χ0) is 21.8. The smallest absolute Gasteiger partial charge is 0.243 e. The normalized spacial score (nSPS) is 19.7. The van der Waals surface area contributed by atoms with E-state index < -0.39 is 10.0 Å². The van der Waals surface area contributed by atoms with Crippen LogP contribution in [-0.2, 0) is 32.6 Å². The molecule has 0 spiro atoms. The van der Waals surface area contributed by atoms with Gasteiger partial charge in [-0.3, -0.25) is 14.6 Å². The molecule has 2 N–H and O–H groups in total. The third-order valence-electron chi connectivity index (χ3n) is 5.78. The van der Waals surface area contributed by atoms with Crippen LogP contribution in [0.4, 0.5) is 5.69 Å². The predicted molar refractivity (Wildman–Crippen MR) is 116 cm³/mol. The van der Waals surface area contributed by atoms with E-state index >= 15 is 0 Å². The van der Waals surface area contributed by atoms with Gasteiger partial charge in [0.15, 0.2) is 0 Å². The van der Waals surface area contributed by atoms with Crippen molar-refractivity contribution in [1.82, 2.24) is 14.6 Å². The molecule has 9 heteroatoms. The number of hydrogen-bond acceptors (Lipinski definition) is 5. The Bertz CT molecular complexity index is 1070. The molecule has 3 heterocycles. The third kappa shape index (κ3) is 4.94. The predicted octanol–water partition coefficient (Wildman–Crippen LogP) is 2.07. The van der Waals surface area contributed by atoms with Gasteiger partial charge in [-0.2, -0.15) is 4.31 Å². The number of anilines is 1. The molecule has 164 valence electrons. The monoisotopic (exact) mass is 442 g/mol. The summed E-state index contributed by atoms with van der Waals surface area (Å²) in [7, 11) is -3.72. The molecule has 4 rings (SSSR count). The third-order valence-corrected chi connectivity index (χ3v) is 7.64. The van der Waals surface area contributed by atoms with Crippen molar-refractivity contribution in [2.24, 2.45) is 5.92 Å². The molecule has 1 aromatic carbocycles. The lowest BCUT2D eigenvalue weighted by Crippen LogP contribution is -2.45. The number of nitrogens with zero attached hydrogens (tertiary/aromatic N) is 2. The molecular formula is C22H26N4O4S. The van der Waals surface area contributed by atoms with Gasteiger partial charge in [-0.15, -0.1) is 0 Å². The van der Waals surface area contributed by atoms with Crippen LogP contribution >= 0.6 is 0 Å². The van der Waals surface area contributed by atoms with E-state index in [-0.39, 0.29) is 29.2 Å². The SMILES string of the molecule is O=C1CCCc2cc(S(=O)(=O)N3CCC[C@H](C(=O)NCc4cccnc4)C3)ccc2N1. The number of benzene rings is 1. The number of pyridine rings is 1. The molecule has 2 amide bonds. The largest absolute Gasteiger partial charge is 0.352 e. The van der Waals surface area contributed by atoms with Crippen molar-refractivity contribution in [3.8, 4) is 0 Å². The average molecular weight is 443 g/mol. The Morgan fingerprint density at radius 3 is 2.90 bits per heavy atom. The molecule has 2 aliphatic rings. The first-order valence-corrected chi connectivity index (χ1v) is 12.0. The second-order valence-corrected chi connectivity index (χ2v) is 9.94. The molecule has 0 unspecified atom stereocenters. The van der Waals surface area contributed by atoms with Crippen LogP contribution in [0.15, 0.2) is 47.6 Å². The highest BCUT2D eigenvalue weighted by molar-refractivity contribution is 7.89. The molecule has 0 saturated carbocycles. The average Bonchev–Trinajstić information content (AvgIpc) is 2.98. The Morgan fingerprint density at radius 2 is 2.10 bits per heavy atom. The number of sulfonamides is 1. The Balaban J connectivity index is 1.45. The number of piperidine rings is 1. The Labute approximate surface area is 182 Å². The van der Waals surface area contributed by atoms with E-state index in [0.29, 0.717) is 50.9 Å². The topological polar surface area (TPSA) is 108 Å². The summed E-state index contributed by atoms with van der Waals surface area (Å²) in [5, 5.41) is 5.72. The van der Waals surface area contributed by atoms with Crippen molar-refractivity contribution in [2.75, 3.05) is 18.4 Å². The number of rotatable bonds is 5. The van der Waals surface area contributed by atoms with Gasteiger partial charge in [0, 0.05) is 44.1 Å². The lowest BCUT2D eigenvalue weighted by molar-refractivity contribution is -0.126. The summed E-state index contributed by atoms with van der Waals surface area (Å²) in [4.78, 5) is 28.6. The number of hydrogen-bond donors (Lipinski definition) is 2. The standard InChI is InChI=1S/C22H26N4O4S/c27-21-7-1-5-17-12-19(8-9-20(17)25-21)31(29,30)26-11-3-6-18(15-26)22(28)24-14-16-4-2-10-23-13-16/h2,4,8-10,12-13,18H,1,3,5-7,11,14-15H2,(H,24,28)(H,25,27)/t18-/m0/s1. The minimum atomic E-state index is -3.72. The van der Waals surface area contributed by atoms with Crippen LogP contribution in [0.2, 0.25) is 0 Å². The van der Waals surface area contributed by atoms with E-state index in [1.807, 2.05) is 12.1 Å². The summed E-state index contributed by atoms with van der Waals surface area (Å²) in [5.74, 6) is -0.584. The zero-order valence-electron chi connectivity index (χ0n) is 17.2. The van der Waals surface area contributed by atoms with E-state index in [4.69, 9.17) is 0 Å². The van der Waals surface area contributed by atoms with Crippen LogP contribution in [0.1, 0.15) is 36.8 Å². The van der Waals surface area contributed by atoms with Crippen molar-refractivity contribution >= 4 is 27.5 Å². The van der Waals surface area contributed by atoms with Crippen LogP contribution in [0.3, 0.4) is 0 Å². The minimum Gasteiger partial charge on any atom is -0.352 e. The second kappa shape index (κ2) is 9.15. The van der Waals surface area contributed by atoms with E-state index in [9.17, 15) is 18.0 Å². The van der Waals surface area contributed by atoms with Gasteiger partial charge in [0.25, 0.3) is 0 Å². The Morgan fingerprint density at radius 1 is 1.23 bits per heavy atom. The van der Waals surface area contributed by atoms with Crippen molar-refractivity contribution < 1.29 is 18.0 Å². The number of aromatic nitrogens is 1. The first kappa shape index (κ1) is 21.5. The highest BCUT2D eigenvalue weighted by Gasteiger charge is 2.33. The number of carbonyl (C=O) groups is 2. The molecule has 1 aromatic heterocycles. The lowest BCUT2D eigenvalue weighted by atomic mass is 9.99. The minimum absolute atomic E-state index is 0.0504. The maximum absolute atomic E-state index is 13.3. The fourth-order valence-corrected chi connectivity index (χ4v) is 5.65. The highest BCUT2D eigenvalue weighted by Crippen LogP contribution is 2.29. The molecule has 0 radical (unpaired) electrons. The van der Waals surface area contributed by atoms with Gasteiger partial charge in [0.05, 0.1) is 10.8 Å². The first-order valence-electron chi connectivity index (χ1n) is 10.5.